The van der Waals surface area contributed by atoms with Gasteiger partial charge in [-0.3, -0.25) is 9.59 Å². The fraction of sp³-hybridized carbons (Fsp3) is 0.333. The minimum absolute atomic E-state index is 0.0518. The van der Waals surface area contributed by atoms with E-state index in [1.165, 1.54) is 0 Å². The van der Waals surface area contributed by atoms with E-state index in [9.17, 15) is 9.59 Å². The maximum absolute atomic E-state index is 12.5. The maximum atomic E-state index is 12.5. The lowest BCUT2D eigenvalue weighted by atomic mass is 9.98. The predicted molar refractivity (Wildman–Crippen MR) is 110 cm³/mol. The molecule has 6 heteroatoms. The average molecular weight is 433 g/mol. The molecule has 2 unspecified atom stereocenters. The molecule has 0 heterocycles. The molecule has 0 aromatic heterocycles. The van der Waals surface area contributed by atoms with Gasteiger partial charge in [0, 0.05) is 5.92 Å². The Morgan fingerprint density at radius 2 is 1.81 bits per heavy atom. The van der Waals surface area contributed by atoms with E-state index in [0.717, 1.165) is 27.8 Å². The number of hydrogen-bond acceptors (Lipinski definition) is 3. The molecule has 2 amide bonds. The van der Waals surface area contributed by atoms with Crippen LogP contribution in [0.4, 0.5) is 0 Å². The summed E-state index contributed by atoms with van der Waals surface area (Å²) in [5, 5.41) is 5.70. The van der Waals surface area contributed by atoms with Gasteiger partial charge in [-0.25, -0.2) is 0 Å². The van der Waals surface area contributed by atoms with E-state index in [0.29, 0.717) is 0 Å². The van der Waals surface area contributed by atoms with Crippen LogP contribution in [-0.2, 0) is 9.59 Å². The normalized spacial score (nSPS) is 12.7. The third-order valence-corrected chi connectivity index (χ3v) is 5.05. The lowest BCUT2D eigenvalue weighted by Crippen LogP contribution is -2.40. The standard InChI is InChI=1S/C21H25BrN2O3/c1-4-14(2)21(26)23-13-19(25)24-20(15-8-6-5-7-9-15)16-10-11-18(27-3)17(22)12-16/h5-12,14,20H,4,13H2,1-3H3,(H,23,26)(H,24,25). The molecule has 2 atom stereocenters. The van der Waals surface area contributed by atoms with E-state index in [4.69, 9.17) is 4.74 Å². The lowest BCUT2D eigenvalue weighted by Gasteiger charge is -2.21. The first-order chi connectivity index (χ1) is 13.0. The first-order valence-corrected chi connectivity index (χ1v) is 9.71. The minimum atomic E-state index is -0.332. The number of amides is 2. The molecule has 2 aromatic carbocycles. The van der Waals surface area contributed by atoms with Gasteiger partial charge in [0.1, 0.15) is 5.75 Å². The number of carbonyl (C=O) groups excluding carboxylic acids is 2. The fourth-order valence-corrected chi connectivity index (χ4v) is 3.16. The lowest BCUT2D eigenvalue weighted by molar-refractivity contribution is -0.128. The molecule has 0 saturated heterocycles. The third kappa shape index (κ3) is 5.82. The van der Waals surface area contributed by atoms with Crippen LogP contribution in [0.2, 0.25) is 0 Å². The van der Waals surface area contributed by atoms with Crippen LogP contribution in [0.25, 0.3) is 0 Å². The summed E-state index contributed by atoms with van der Waals surface area (Å²) < 4.78 is 6.09. The van der Waals surface area contributed by atoms with E-state index < -0.39 is 0 Å². The Kier molecular flexibility index (Phi) is 7.85. The molecular weight excluding hydrogens is 408 g/mol. The van der Waals surface area contributed by atoms with Crippen LogP contribution in [-0.4, -0.2) is 25.5 Å². The summed E-state index contributed by atoms with van der Waals surface area (Å²) in [4.78, 5) is 24.4. The summed E-state index contributed by atoms with van der Waals surface area (Å²) in [7, 11) is 1.61. The molecule has 0 bridgehead atoms. The number of hydrogen-bond donors (Lipinski definition) is 2. The molecule has 2 N–H and O–H groups in total. The van der Waals surface area contributed by atoms with Gasteiger partial charge in [-0.15, -0.1) is 0 Å². The number of rotatable bonds is 8. The summed E-state index contributed by atoms with van der Waals surface area (Å²) >= 11 is 3.49. The highest BCUT2D eigenvalue weighted by atomic mass is 79.9. The smallest absolute Gasteiger partial charge is 0.240 e. The summed E-state index contributed by atoms with van der Waals surface area (Å²) in [5.41, 5.74) is 1.87. The van der Waals surface area contributed by atoms with E-state index in [2.05, 4.69) is 26.6 Å². The Labute approximate surface area is 168 Å². The van der Waals surface area contributed by atoms with E-state index >= 15 is 0 Å². The number of carbonyl (C=O) groups is 2. The first-order valence-electron chi connectivity index (χ1n) is 8.91. The molecule has 0 saturated carbocycles. The summed E-state index contributed by atoms with van der Waals surface area (Å²) in [6, 6.07) is 15.1. The van der Waals surface area contributed by atoms with Crippen LogP contribution >= 0.6 is 15.9 Å². The van der Waals surface area contributed by atoms with Crippen molar-refractivity contribution in [3.8, 4) is 5.75 Å². The Morgan fingerprint density at radius 1 is 1.11 bits per heavy atom. The van der Waals surface area contributed by atoms with E-state index in [1.807, 2.05) is 62.4 Å². The van der Waals surface area contributed by atoms with Gasteiger partial charge in [-0.05, 0) is 45.6 Å². The third-order valence-electron chi connectivity index (χ3n) is 4.43. The minimum Gasteiger partial charge on any atom is -0.496 e. The molecule has 0 aliphatic rings. The van der Waals surface area contributed by atoms with Crippen LogP contribution in [0.1, 0.15) is 37.4 Å². The second-order valence-corrected chi connectivity index (χ2v) is 7.19. The average Bonchev–Trinajstić information content (AvgIpc) is 2.70. The highest BCUT2D eigenvalue weighted by Crippen LogP contribution is 2.30. The largest absolute Gasteiger partial charge is 0.496 e. The van der Waals surface area contributed by atoms with Gasteiger partial charge in [0.2, 0.25) is 11.8 Å². The number of nitrogens with one attached hydrogen (secondary N) is 2. The Balaban J connectivity index is 2.18. The molecule has 27 heavy (non-hydrogen) atoms. The van der Waals surface area contributed by atoms with Gasteiger partial charge in [-0.1, -0.05) is 50.2 Å². The van der Waals surface area contributed by atoms with E-state index in [-0.39, 0.29) is 30.3 Å². The SMILES string of the molecule is CCC(C)C(=O)NCC(=O)NC(c1ccccc1)c1ccc(OC)c(Br)c1. The monoisotopic (exact) mass is 432 g/mol. The van der Waals surface area contributed by atoms with Gasteiger partial charge in [0.25, 0.3) is 0 Å². The van der Waals surface area contributed by atoms with Crippen molar-refractivity contribution in [2.45, 2.75) is 26.3 Å². The second-order valence-electron chi connectivity index (χ2n) is 6.33. The zero-order chi connectivity index (χ0) is 19.8. The zero-order valence-corrected chi connectivity index (χ0v) is 17.4. The molecule has 0 fully saturated rings. The topological polar surface area (TPSA) is 67.4 Å². The van der Waals surface area contributed by atoms with Crippen LogP contribution in [0.5, 0.6) is 5.75 Å². The van der Waals surface area contributed by atoms with Gasteiger partial charge in [0.15, 0.2) is 0 Å². The summed E-state index contributed by atoms with van der Waals surface area (Å²) in [6.07, 6.45) is 0.736. The molecule has 0 aliphatic carbocycles. The highest BCUT2D eigenvalue weighted by Gasteiger charge is 2.19. The Morgan fingerprint density at radius 3 is 2.41 bits per heavy atom. The van der Waals surface area contributed by atoms with Crippen molar-refractivity contribution in [1.82, 2.24) is 10.6 Å². The molecule has 0 radical (unpaired) electrons. The number of ether oxygens (including phenoxy) is 1. The van der Waals surface area contributed by atoms with Crippen molar-refractivity contribution in [3.63, 3.8) is 0 Å². The number of methoxy groups -OCH3 is 1. The van der Waals surface area contributed by atoms with Gasteiger partial charge in [0.05, 0.1) is 24.2 Å². The molecule has 0 spiro atoms. The summed E-state index contributed by atoms with van der Waals surface area (Å²) in [6.45, 7) is 3.73. The molecular formula is C21H25BrN2O3. The molecule has 2 rings (SSSR count). The van der Waals surface area contributed by atoms with Gasteiger partial charge >= 0.3 is 0 Å². The molecule has 5 nitrogen and oxygen atoms in total. The van der Waals surface area contributed by atoms with Gasteiger partial charge in [-0.2, -0.15) is 0 Å². The Bertz CT molecular complexity index is 780. The van der Waals surface area contributed by atoms with Gasteiger partial charge < -0.3 is 15.4 Å². The summed E-state index contributed by atoms with van der Waals surface area (Å²) in [5.74, 6) is 0.251. The number of benzene rings is 2. The van der Waals surface area contributed by atoms with E-state index in [1.54, 1.807) is 7.11 Å². The predicted octanol–water partition coefficient (Wildman–Crippen LogP) is 3.83. The van der Waals surface area contributed by atoms with Crippen molar-refractivity contribution < 1.29 is 14.3 Å². The van der Waals surface area contributed by atoms with Crippen LogP contribution in [0, 0.1) is 5.92 Å². The quantitative estimate of drug-likeness (QED) is 0.665. The van der Waals surface area contributed by atoms with Crippen molar-refractivity contribution in [1.29, 1.82) is 0 Å². The highest BCUT2D eigenvalue weighted by molar-refractivity contribution is 9.10. The first kappa shape index (κ1) is 21.0. The zero-order valence-electron chi connectivity index (χ0n) is 15.8. The maximum Gasteiger partial charge on any atom is 0.240 e. The van der Waals surface area contributed by atoms with Crippen LogP contribution < -0.4 is 15.4 Å². The van der Waals surface area contributed by atoms with Crippen LogP contribution in [0.3, 0.4) is 0 Å². The molecule has 0 aliphatic heterocycles. The second kappa shape index (κ2) is 10.1. The van der Waals surface area contributed by atoms with Crippen molar-refractivity contribution in [2.75, 3.05) is 13.7 Å². The van der Waals surface area contributed by atoms with Crippen LogP contribution in [0.15, 0.2) is 53.0 Å². The van der Waals surface area contributed by atoms with Crippen molar-refractivity contribution in [2.24, 2.45) is 5.92 Å². The Hall–Kier alpha value is -2.34. The van der Waals surface area contributed by atoms with Crippen molar-refractivity contribution >= 4 is 27.7 Å². The molecule has 144 valence electrons. The van der Waals surface area contributed by atoms with Crippen molar-refractivity contribution in [3.05, 3.63) is 64.1 Å². The molecule has 2 aromatic rings. The number of halogens is 1. The fourth-order valence-electron chi connectivity index (χ4n) is 2.61.